The van der Waals surface area contributed by atoms with Gasteiger partial charge in [-0.15, -0.1) is 0 Å². The quantitative estimate of drug-likeness (QED) is 0.673. The molecule has 0 heterocycles. The number of hydrogen-bond acceptors (Lipinski definition) is 3. The summed E-state index contributed by atoms with van der Waals surface area (Å²) >= 11 is 1.75. The van der Waals surface area contributed by atoms with E-state index in [9.17, 15) is 9.59 Å². The molecular formula is C9H17NO3S. The van der Waals surface area contributed by atoms with Gasteiger partial charge >= 0.3 is 5.97 Å². The molecule has 0 saturated heterocycles. The summed E-state index contributed by atoms with van der Waals surface area (Å²) in [5.41, 5.74) is 0. The summed E-state index contributed by atoms with van der Waals surface area (Å²) in [7, 11) is 0. The number of nitrogens with one attached hydrogen (secondary N) is 1. The van der Waals surface area contributed by atoms with Crippen molar-refractivity contribution in [2.75, 3.05) is 12.8 Å². The third kappa shape index (κ3) is 7.91. The lowest BCUT2D eigenvalue weighted by Crippen LogP contribution is -2.26. The Hall–Kier alpha value is -0.710. The second-order valence-electron chi connectivity index (χ2n) is 3.08. The molecule has 0 bridgehead atoms. The predicted octanol–water partition coefficient (Wildman–Crippen LogP) is 1.11. The van der Waals surface area contributed by atoms with E-state index in [0.717, 1.165) is 6.42 Å². The first-order valence-corrected chi connectivity index (χ1v) is 5.86. The average molecular weight is 219 g/mol. The van der Waals surface area contributed by atoms with Gasteiger partial charge in [0.05, 0.1) is 6.42 Å². The summed E-state index contributed by atoms with van der Waals surface area (Å²) in [6, 6.07) is 0. The topological polar surface area (TPSA) is 66.4 Å². The maximum Gasteiger partial charge on any atom is 0.303 e. The monoisotopic (exact) mass is 219 g/mol. The van der Waals surface area contributed by atoms with Gasteiger partial charge in [-0.2, -0.15) is 11.8 Å². The molecule has 1 atom stereocenters. The van der Waals surface area contributed by atoms with Gasteiger partial charge in [-0.25, -0.2) is 0 Å². The number of rotatable bonds is 7. The van der Waals surface area contributed by atoms with Gasteiger partial charge in [0.1, 0.15) is 0 Å². The van der Waals surface area contributed by atoms with Crippen LogP contribution in [0.2, 0.25) is 0 Å². The lowest BCUT2D eigenvalue weighted by Gasteiger charge is -2.08. The minimum atomic E-state index is -0.933. The number of aliphatic carboxylic acids is 1. The molecule has 0 rings (SSSR count). The van der Waals surface area contributed by atoms with Gasteiger partial charge in [-0.05, 0) is 12.7 Å². The highest BCUT2D eigenvalue weighted by atomic mass is 32.2. The molecule has 1 unspecified atom stereocenters. The van der Waals surface area contributed by atoms with E-state index in [1.807, 2.05) is 6.26 Å². The first-order valence-electron chi connectivity index (χ1n) is 4.57. The van der Waals surface area contributed by atoms with Crippen LogP contribution in [0, 0.1) is 0 Å². The second-order valence-corrected chi connectivity index (χ2v) is 4.35. The first-order chi connectivity index (χ1) is 6.56. The van der Waals surface area contributed by atoms with Gasteiger partial charge < -0.3 is 10.4 Å². The van der Waals surface area contributed by atoms with Crippen molar-refractivity contribution in [3.63, 3.8) is 0 Å². The summed E-state index contributed by atoms with van der Waals surface area (Å²) in [6.45, 7) is 2.72. The highest BCUT2D eigenvalue weighted by molar-refractivity contribution is 7.99. The highest BCUT2D eigenvalue weighted by Gasteiger charge is 2.05. The minimum absolute atomic E-state index is 0.0724. The summed E-state index contributed by atoms with van der Waals surface area (Å²) in [5.74, 6) is -1.11. The van der Waals surface area contributed by atoms with Crippen LogP contribution in [0.25, 0.3) is 0 Å². The molecule has 0 aliphatic heterocycles. The maximum absolute atomic E-state index is 11.0. The van der Waals surface area contributed by atoms with E-state index in [2.05, 4.69) is 12.2 Å². The molecule has 0 aliphatic rings. The number of hydrogen-bond donors (Lipinski definition) is 2. The van der Waals surface area contributed by atoms with Crippen molar-refractivity contribution in [2.24, 2.45) is 0 Å². The molecule has 0 radical (unpaired) electrons. The van der Waals surface area contributed by atoms with Crippen molar-refractivity contribution in [2.45, 2.75) is 31.4 Å². The van der Waals surface area contributed by atoms with E-state index in [0.29, 0.717) is 11.8 Å². The van der Waals surface area contributed by atoms with Gasteiger partial charge in [0, 0.05) is 18.2 Å². The first kappa shape index (κ1) is 13.3. The Bertz CT molecular complexity index is 196. The third-order valence-electron chi connectivity index (χ3n) is 1.84. The molecule has 0 fully saturated rings. The Morgan fingerprint density at radius 2 is 2.07 bits per heavy atom. The predicted molar refractivity (Wildman–Crippen MR) is 57.5 cm³/mol. The number of carboxylic acid groups (broad SMARTS) is 1. The fourth-order valence-corrected chi connectivity index (χ4v) is 1.20. The fraction of sp³-hybridized carbons (Fsp3) is 0.778. The van der Waals surface area contributed by atoms with E-state index in [1.165, 1.54) is 0 Å². The molecule has 1 amide bonds. The molecule has 5 heteroatoms. The Morgan fingerprint density at radius 1 is 1.43 bits per heavy atom. The van der Waals surface area contributed by atoms with Gasteiger partial charge in [-0.1, -0.05) is 6.92 Å². The second kappa shape index (κ2) is 7.67. The van der Waals surface area contributed by atoms with Crippen molar-refractivity contribution >= 4 is 23.6 Å². The Morgan fingerprint density at radius 3 is 2.57 bits per heavy atom. The largest absolute Gasteiger partial charge is 0.481 e. The summed E-state index contributed by atoms with van der Waals surface area (Å²) in [5, 5.41) is 11.5. The lowest BCUT2D eigenvalue weighted by atomic mass is 10.3. The molecule has 0 aromatic rings. The summed E-state index contributed by atoms with van der Waals surface area (Å²) in [6.07, 6.45) is 2.92. The van der Waals surface area contributed by atoms with Crippen LogP contribution in [0.5, 0.6) is 0 Å². The van der Waals surface area contributed by atoms with Crippen molar-refractivity contribution in [3.8, 4) is 0 Å². The molecule has 2 N–H and O–H groups in total. The van der Waals surface area contributed by atoms with E-state index >= 15 is 0 Å². The SMILES string of the molecule is CSC(C)CCNC(=O)CCC(=O)O. The van der Waals surface area contributed by atoms with Crippen LogP contribution in [0.15, 0.2) is 0 Å². The van der Waals surface area contributed by atoms with E-state index in [-0.39, 0.29) is 18.7 Å². The Labute approximate surface area is 88.4 Å². The van der Waals surface area contributed by atoms with Crippen LogP contribution in [-0.4, -0.2) is 35.0 Å². The zero-order valence-electron chi connectivity index (χ0n) is 8.58. The Kier molecular flexibility index (Phi) is 7.28. The van der Waals surface area contributed by atoms with E-state index in [4.69, 9.17) is 5.11 Å². The summed E-state index contributed by atoms with van der Waals surface area (Å²) in [4.78, 5) is 21.2. The molecule has 0 saturated carbocycles. The van der Waals surface area contributed by atoms with Gasteiger partial charge in [0.25, 0.3) is 0 Å². The normalized spacial score (nSPS) is 12.1. The molecule has 0 aromatic carbocycles. The summed E-state index contributed by atoms with van der Waals surface area (Å²) < 4.78 is 0. The zero-order valence-corrected chi connectivity index (χ0v) is 9.39. The highest BCUT2D eigenvalue weighted by Crippen LogP contribution is 2.07. The smallest absolute Gasteiger partial charge is 0.303 e. The number of thioether (sulfide) groups is 1. The van der Waals surface area contributed by atoms with Crippen molar-refractivity contribution in [3.05, 3.63) is 0 Å². The van der Waals surface area contributed by atoms with Crippen LogP contribution in [0.1, 0.15) is 26.2 Å². The maximum atomic E-state index is 11.0. The lowest BCUT2D eigenvalue weighted by molar-refractivity contribution is -0.138. The van der Waals surface area contributed by atoms with Gasteiger partial charge in [0.2, 0.25) is 5.91 Å². The minimum Gasteiger partial charge on any atom is -0.481 e. The number of carbonyl (C=O) groups excluding carboxylic acids is 1. The fourth-order valence-electron chi connectivity index (χ4n) is 0.842. The van der Waals surface area contributed by atoms with Gasteiger partial charge in [-0.3, -0.25) is 9.59 Å². The molecule has 4 nitrogen and oxygen atoms in total. The third-order valence-corrected chi connectivity index (χ3v) is 2.88. The van der Waals surface area contributed by atoms with Crippen LogP contribution < -0.4 is 5.32 Å². The number of amides is 1. The van der Waals surface area contributed by atoms with E-state index in [1.54, 1.807) is 11.8 Å². The molecule has 82 valence electrons. The molecule has 0 spiro atoms. The van der Waals surface area contributed by atoms with Crippen molar-refractivity contribution in [1.29, 1.82) is 0 Å². The standard InChI is InChI=1S/C9H17NO3S/c1-7(14-2)5-6-10-8(11)3-4-9(12)13/h7H,3-6H2,1-2H3,(H,10,11)(H,12,13). The van der Waals surface area contributed by atoms with Crippen LogP contribution in [0.4, 0.5) is 0 Å². The molecule has 0 aromatic heterocycles. The van der Waals surface area contributed by atoms with Gasteiger partial charge in [0.15, 0.2) is 0 Å². The zero-order chi connectivity index (χ0) is 11.0. The average Bonchev–Trinajstić information content (AvgIpc) is 2.14. The van der Waals surface area contributed by atoms with E-state index < -0.39 is 5.97 Å². The van der Waals surface area contributed by atoms with Crippen molar-refractivity contribution < 1.29 is 14.7 Å². The van der Waals surface area contributed by atoms with Crippen LogP contribution in [0.3, 0.4) is 0 Å². The van der Waals surface area contributed by atoms with Crippen LogP contribution in [-0.2, 0) is 9.59 Å². The molecular weight excluding hydrogens is 202 g/mol. The van der Waals surface area contributed by atoms with Crippen molar-refractivity contribution in [1.82, 2.24) is 5.32 Å². The van der Waals surface area contributed by atoms with Crippen LogP contribution >= 0.6 is 11.8 Å². The number of carboxylic acids is 1. The Balaban J connectivity index is 3.40. The molecule has 0 aliphatic carbocycles. The molecule has 14 heavy (non-hydrogen) atoms. The number of carbonyl (C=O) groups is 2.